The van der Waals surface area contributed by atoms with Crippen molar-refractivity contribution in [2.45, 2.75) is 12.5 Å². The molecule has 1 unspecified atom stereocenters. The van der Waals surface area contributed by atoms with Crippen LogP contribution in [0.1, 0.15) is 16.8 Å². The summed E-state index contributed by atoms with van der Waals surface area (Å²) in [7, 11) is 0. The van der Waals surface area contributed by atoms with Crippen molar-refractivity contribution in [2.24, 2.45) is 0 Å². The lowest BCUT2D eigenvalue weighted by molar-refractivity contribution is 0.102. The fraction of sp³-hybridized carbons (Fsp3) is 0.182. The summed E-state index contributed by atoms with van der Waals surface area (Å²) >= 11 is 0. The summed E-state index contributed by atoms with van der Waals surface area (Å²) in [5.74, 6) is 0.738. The highest BCUT2D eigenvalue weighted by Crippen LogP contribution is 2.23. The van der Waals surface area contributed by atoms with Gasteiger partial charge in [0.1, 0.15) is 5.82 Å². The van der Waals surface area contributed by atoms with Crippen molar-refractivity contribution >= 4 is 28.8 Å². The van der Waals surface area contributed by atoms with Crippen LogP contribution in [0, 0.1) is 0 Å². The van der Waals surface area contributed by atoms with E-state index in [-0.39, 0.29) is 5.91 Å². The highest BCUT2D eigenvalue weighted by Gasteiger charge is 2.23. The number of amides is 1. The number of pyridine rings is 1. The second-order valence-corrected chi connectivity index (χ2v) is 6.88. The zero-order valence-corrected chi connectivity index (χ0v) is 15.5. The number of hydrogen-bond donors (Lipinski definition) is 3. The maximum Gasteiger partial charge on any atom is 0.255 e. The Morgan fingerprint density at radius 3 is 2.57 bits per heavy atom. The molecule has 0 saturated carbocycles. The Bertz CT molecular complexity index is 943. The lowest BCUT2D eigenvalue weighted by Crippen LogP contribution is -2.26. The number of benzene rings is 2. The molecule has 1 aromatic heterocycles. The third kappa shape index (κ3) is 4.06. The van der Waals surface area contributed by atoms with Gasteiger partial charge in [-0.15, -0.1) is 0 Å². The maximum absolute atomic E-state index is 12.5. The summed E-state index contributed by atoms with van der Waals surface area (Å²) in [6.07, 6.45) is 2.84. The molecule has 1 fully saturated rings. The largest absolute Gasteiger partial charge is 0.397 e. The molecule has 1 aliphatic rings. The van der Waals surface area contributed by atoms with Gasteiger partial charge in [-0.1, -0.05) is 18.2 Å². The van der Waals surface area contributed by atoms with Crippen LogP contribution in [-0.4, -0.2) is 30.0 Å². The number of carbonyl (C=O) groups excluding carboxylic acids is 1. The van der Waals surface area contributed by atoms with E-state index >= 15 is 0 Å². The molecule has 1 aliphatic heterocycles. The normalized spacial score (nSPS) is 16.0. The van der Waals surface area contributed by atoms with E-state index in [0.29, 0.717) is 23.0 Å². The second kappa shape index (κ2) is 8.00. The zero-order chi connectivity index (χ0) is 19.3. The van der Waals surface area contributed by atoms with Crippen LogP contribution < -0.4 is 21.3 Å². The maximum atomic E-state index is 12.5. The highest BCUT2D eigenvalue weighted by molar-refractivity contribution is 6.05. The van der Waals surface area contributed by atoms with Gasteiger partial charge in [-0.05, 0) is 55.0 Å². The number of rotatable bonds is 5. The van der Waals surface area contributed by atoms with Crippen LogP contribution in [0.5, 0.6) is 0 Å². The molecule has 0 radical (unpaired) electrons. The first-order valence-electron chi connectivity index (χ1n) is 9.37. The number of nitrogens with zero attached hydrogens (tertiary/aromatic N) is 2. The average Bonchev–Trinajstić information content (AvgIpc) is 3.19. The van der Waals surface area contributed by atoms with Gasteiger partial charge in [0.15, 0.2) is 0 Å². The molecule has 4 N–H and O–H groups in total. The van der Waals surface area contributed by atoms with Crippen LogP contribution >= 0.6 is 0 Å². The molecule has 1 atom stereocenters. The van der Waals surface area contributed by atoms with E-state index in [4.69, 9.17) is 5.73 Å². The Morgan fingerprint density at radius 2 is 1.82 bits per heavy atom. The van der Waals surface area contributed by atoms with Gasteiger partial charge in [-0.3, -0.25) is 4.79 Å². The fourth-order valence-electron chi connectivity index (χ4n) is 3.40. The lowest BCUT2D eigenvalue weighted by Gasteiger charge is -2.19. The Morgan fingerprint density at radius 1 is 1.04 bits per heavy atom. The molecule has 3 aromatic rings. The van der Waals surface area contributed by atoms with E-state index in [0.717, 1.165) is 31.0 Å². The van der Waals surface area contributed by atoms with E-state index in [1.165, 1.54) is 0 Å². The SMILES string of the molecule is Nc1ccccc1NC(=O)c1ccc(N2CCC(Nc3ccccn3)C2)cc1. The van der Waals surface area contributed by atoms with Crippen LogP contribution in [0.4, 0.5) is 22.9 Å². The minimum Gasteiger partial charge on any atom is -0.397 e. The predicted molar refractivity (Wildman–Crippen MR) is 114 cm³/mol. The zero-order valence-electron chi connectivity index (χ0n) is 15.5. The molecular weight excluding hydrogens is 350 g/mol. The lowest BCUT2D eigenvalue weighted by atomic mass is 10.1. The van der Waals surface area contributed by atoms with Gasteiger partial charge < -0.3 is 21.3 Å². The Kier molecular flexibility index (Phi) is 5.10. The number of carbonyl (C=O) groups is 1. The van der Waals surface area contributed by atoms with Gasteiger partial charge in [-0.25, -0.2) is 4.98 Å². The molecule has 0 spiro atoms. The smallest absolute Gasteiger partial charge is 0.255 e. The topological polar surface area (TPSA) is 83.3 Å². The van der Waals surface area contributed by atoms with Crippen molar-refractivity contribution < 1.29 is 4.79 Å². The van der Waals surface area contributed by atoms with Crippen LogP contribution in [0.3, 0.4) is 0 Å². The summed E-state index contributed by atoms with van der Waals surface area (Å²) < 4.78 is 0. The number of para-hydroxylation sites is 2. The molecular formula is C22H23N5O. The summed E-state index contributed by atoms with van der Waals surface area (Å²) in [5.41, 5.74) is 8.78. The quantitative estimate of drug-likeness (QED) is 0.595. The molecule has 0 aliphatic carbocycles. The monoisotopic (exact) mass is 373 g/mol. The van der Waals surface area contributed by atoms with Gasteiger partial charge in [0.25, 0.3) is 5.91 Å². The van der Waals surface area contributed by atoms with Crippen molar-refractivity contribution in [2.75, 3.05) is 34.4 Å². The number of aromatic nitrogens is 1. The molecule has 2 heterocycles. The van der Waals surface area contributed by atoms with Gasteiger partial charge in [0, 0.05) is 36.6 Å². The number of anilines is 4. The van der Waals surface area contributed by atoms with E-state index < -0.39 is 0 Å². The van der Waals surface area contributed by atoms with Crippen molar-refractivity contribution in [3.63, 3.8) is 0 Å². The predicted octanol–water partition coefficient (Wildman–Crippen LogP) is 3.61. The average molecular weight is 373 g/mol. The second-order valence-electron chi connectivity index (χ2n) is 6.88. The number of nitrogens with one attached hydrogen (secondary N) is 2. The number of nitrogens with two attached hydrogens (primary N) is 1. The molecule has 142 valence electrons. The van der Waals surface area contributed by atoms with Crippen molar-refractivity contribution in [3.8, 4) is 0 Å². The molecule has 6 heteroatoms. The summed E-state index contributed by atoms with van der Waals surface area (Å²) in [5, 5.41) is 6.33. The minimum absolute atomic E-state index is 0.166. The molecule has 28 heavy (non-hydrogen) atoms. The van der Waals surface area contributed by atoms with Crippen LogP contribution in [0.15, 0.2) is 72.9 Å². The van der Waals surface area contributed by atoms with Crippen molar-refractivity contribution in [3.05, 3.63) is 78.5 Å². The molecule has 0 bridgehead atoms. The van der Waals surface area contributed by atoms with Crippen LogP contribution in [-0.2, 0) is 0 Å². The highest BCUT2D eigenvalue weighted by atomic mass is 16.1. The molecule has 2 aromatic carbocycles. The third-order valence-electron chi connectivity index (χ3n) is 4.91. The van der Waals surface area contributed by atoms with Gasteiger partial charge in [0.05, 0.1) is 11.4 Å². The standard InChI is InChI=1S/C22H23N5O/c23-19-5-1-2-6-20(19)26-22(28)16-8-10-18(11-9-16)27-14-12-17(15-27)25-21-7-3-4-13-24-21/h1-11,13,17H,12,14-15,23H2,(H,24,25)(H,26,28). The number of hydrogen-bond acceptors (Lipinski definition) is 5. The van der Waals surface area contributed by atoms with Gasteiger partial charge in [0.2, 0.25) is 0 Å². The summed E-state index contributed by atoms with van der Waals surface area (Å²) in [6.45, 7) is 1.87. The summed E-state index contributed by atoms with van der Waals surface area (Å²) in [6, 6.07) is 21.2. The molecule has 4 rings (SSSR count). The first-order valence-corrected chi connectivity index (χ1v) is 9.37. The van der Waals surface area contributed by atoms with E-state index in [2.05, 4.69) is 20.5 Å². The van der Waals surface area contributed by atoms with Crippen LogP contribution in [0.2, 0.25) is 0 Å². The first-order chi connectivity index (χ1) is 13.7. The minimum atomic E-state index is -0.166. The molecule has 1 amide bonds. The summed E-state index contributed by atoms with van der Waals surface area (Å²) in [4.78, 5) is 19.1. The van der Waals surface area contributed by atoms with Gasteiger partial charge in [-0.2, -0.15) is 0 Å². The van der Waals surface area contributed by atoms with E-state index in [9.17, 15) is 4.79 Å². The first kappa shape index (κ1) is 17.9. The fourth-order valence-corrected chi connectivity index (χ4v) is 3.40. The van der Waals surface area contributed by atoms with E-state index in [1.807, 2.05) is 54.6 Å². The van der Waals surface area contributed by atoms with Crippen LogP contribution in [0.25, 0.3) is 0 Å². The Balaban J connectivity index is 1.37. The Labute approximate surface area is 164 Å². The molecule has 6 nitrogen and oxygen atoms in total. The van der Waals surface area contributed by atoms with Gasteiger partial charge >= 0.3 is 0 Å². The Hall–Kier alpha value is -3.54. The van der Waals surface area contributed by atoms with Crippen molar-refractivity contribution in [1.82, 2.24) is 4.98 Å². The third-order valence-corrected chi connectivity index (χ3v) is 4.91. The molecule has 1 saturated heterocycles. The van der Waals surface area contributed by atoms with E-state index in [1.54, 1.807) is 18.3 Å². The number of nitrogen functional groups attached to an aromatic ring is 1. The van der Waals surface area contributed by atoms with Crippen molar-refractivity contribution in [1.29, 1.82) is 0 Å².